The minimum absolute atomic E-state index is 0.375. The summed E-state index contributed by atoms with van der Waals surface area (Å²) in [5.41, 5.74) is 0.670. The molecule has 3 aromatic rings. The molecule has 3 aromatic carbocycles. The van der Waals surface area contributed by atoms with E-state index in [4.69, 9.17) is 0 Å². The lowest BCUT2D eigenvalue weighted by atomic mass is 9.82. The summed E-state index contributed by atoms with van der Waals surface area (Å²) < 4.78 is 0. The second kappa shape index (κ2) is 7.88. The van der Waals surface area contributed by atoms with Crippen molar-refractivity contribution >= 4 is 28.5 Å². The van der Waals surface area contributed by atoms with E-state index in [0.717, 1.165) is 15.8 Å². The molecule has 0 fully saturated rings. The molecular weight excluding hydrogens is 404 g/mol. The van der Waals surface area contributed by atoms with Crippen LogP contribution >= 0.6 is 0 Å². The van der Waals surface area contributed by atoms with Crippen molar-refractivity contribution in [3.63, 3.8) is 0 Å². The Kier molecular flexibility index (Phi) is 5.34. The molecule has 6 heteroatoms. The van der Waals surface area contributed by atoms with Gasteiger partial charge in [-0.15, -0.1) is 0 Å². The zero-order valence-electron chi connectivity index (χ0n) is 18.6. The molecule has 0 unspecified atom stereocenters. The van der Waals surface area contributed by atoms with Gasteiger partial charge in [0.15, 0.2) is 0 Å². The van der Waals surface area contributed by atoms with E-state index < -0.39 is 35.2 Å². The molecule has 6 nitrogen and oxygen atoms in total. The zero-order valence-corrected chi connectivity index (χ0v) is 18.6. The number of hydrogen-bond donors (Lipinski definition) is 1. The van der Waals surface area contributed by atoms with Crippen LogP contribution in [0.2, 0.25) is 0 Å². The molecule has 3 amide bonds. The van der Waals surface area contributed by atoms with Crippen LogP contribution < -0.4 is 0 Å². The summed E-state index contributed by atoms with van der Waals surface area (Å²) in [4.78, 5) is 41.6. The Morgan fingerprint density at radius 3 is 1.91 bits per heavy atom. The van der Waals surface area contributed by atoms with Gasteiger partial charge in [0.25, 0.3) is 17.7 Å². The number of nitrogens with zero attached hydrogens (tertiary/aromatic N) is 2. The minimum Gasteiger partial charge on any atom is -0.285 e. The SMILES string of the molecule is C[C@H](c1ccccc1)N(O)C(=O)[C@@H](N1C(=O)c2cccc3cccc(c23)C1=O)C(C)(C)C. The second-order valence-electron chi connectivity index (χ2n) is 9.23. The highest BCUT2D eigenvalue weighted by atomic mass is 16.5. The summed E-state index contributed by atoms with van der Waals surface area (Å²) in [6, 6.07) is 17.8. The van der Waals surface area contributed by atoms with Gasteiger partial charge in [-0.05, 0) is 35.4 Å². The van der Waals surface area contributed by atoms with Gasteiger partial charge in [-0.25, -0.2) is 5.06 Å². The Bertz CT molecular complexity index is 1160. The lowest BCUT2D eigenvalue weighted by Gasteiger charge is -2.41. The average Bonchev–Trinajstić information content (AvgIpc) is 2.78. The summed E-state index contributed by atoms with van der Waals surface area (Å²) in [7, 11) is 0. The molecule has 2 atom stereocenters. The molecule has 1 aliphatic rings. The van der Waals surface area contributed by atoms with Crippen LogP contribution in [-0.4, -0.2) is 38.9 Å². The van der Waals surface area contributed by atoms with Gasteiger partial charge in [0.05, 0.1) is 6.04 Å². The standard InChI is InChI=1S/C26H26N2O4/c1-16(17-10-6-5-7-11-17)28(32)25(31)22(26(2,3)4)27-23(29)19-14-8-12-18-13-9-15-20(21(18)19)24(27)30/h5-16,22,32H,1-4H3/t16-,22-/m1/s1. The molecule has 0 radical (unpaired) electrons. The van der Waals surface area contributed by atoms with Crippen molar-refractivity contribution in [2.75, 3.05) is 0 Å². The van der Waals surface area contributed by atoms with Gasteiger partial charge >= 0.3 is 0 Å². The fraction of sp³-hybridized carbons (Fsp3) is 0.269. The quantitative estimate of drug-likeness (QED) is 0.365. The Balaban J connectivity index is 1.78. The van der Waals surface area contributed by atoms with Crippen LogP contribution in [0.25, 0.3) is 10.8 Å². The number of rotatable bonds is 4. The molecule has 0 bridgehead atoms. The van der Waals surface area contributed by atoms with Crippen molar-refractivity contribution in [3.05, 3.63) is 83.4 Å². The molecule has 32 heavy (non-hydrogen) atoms. The summed E-state index contributed by atoms with van der Waals surface area (Å²) in [6.07, 6.45) is 0. The molecule has 0 aliphatic carbocycles. The van der Waals surface area contributed by atoms with E-state index in [1.807, 2.05) is 30.3 Å². The van der Waals surface area contributed by atoms with Gasteiger partial charge in [-0.2, -0.15) is 0 Å². The third-order valence-corrected chi connectivity index (χ3v) is 5.99. The normalized spacial score (nSPS) is 15.6. The van der Waals surface area contributed by atoms with Gasteiger partial charge in [0.2, 0.25) is 0 Å². The smallest absolute Gasteiger partial charge is 0.270 e. The first-order valence-electron chi connectivity index (χ1n) is 10.6. The predicted molar refractivity (Wildman–Crippen MR) is 121 cm³/mol. The van der Waals surface area contributed by atoms with Crippen LogP contribution in [0.5, 0.6) is 0 Å². The van der Waals surface area contributed by atoms with Crippen LogP contribution in [0, 0.1) is 5.41 Å². The molecule has 0 saturated heterocycles. The Labute approximate surface area is 187 Å². The highest BCUT2D eigenvalue weighted by Crippen LogP contribution is 2.36. The third-order valence-electron chi connectivity index (χ3n) is 5.99. The van der Waals surface area contributed by atoms with Crippen molar-refractivity contribution in [1.29, 1.82) is 0 Å². The van der Waals surface area contributed by atoms with Crippen LogP contribution in [-0.2, 0) is 4.79 Å². The number of hydrogen-bond acceptors (Lipinski definition) is 4. The first kappa shape index (κ1) is 21.7. The fourth-order valence-electron chi connectivity index (χ4n) is 4.34. The Morgan fingerprint density at radius 2 is 1.41 bits per heavy atom. The molecule has 1 N–H and O–H groups in total. The van der Waals surface area contributed by atoms with Gasteiger partial charge < -0.3 is 0 Å². The van der Waals surface area contributed by atoms with Gasteiger partial charge in [0, 0.05) is 16.5 Å². The minimum atomic E-state index is -1.19. The molecule has 164 valence electrons. The molecule has 0 aromatic heterocycles. The summed E-state index contributed by atoms with van der Waals surface area (Å²) in [5, 5.41) is 12.9. The summed E-state index contributed by atoms with van der Waals surface area (Å²) >= 11 is 0. The fourth-order valence-corrected chi connectivity index (χ4v) is 4.34. The lowest BCUT2D eigenvalue weighted by molar-refractivity contribution is -0.183. The first-order chi connectivity index (χ1) is 15.1. The van der Waals surface area contributed by atoms with Crippen molar-refractivity contribution < 1.29 is 19.6 Å². The Hall–Kier alpha value is -3.51. The number of imide groups is 1. The number of carbonyl (C=O) groups excluding carboxylic acids is 3. The number of carbonyl (C=O) groups is 3. The van der Waals surface area contributed by atoms with Crippen LogP contribution in [0.3, 0.4) is 0 Å². The van der Waals surface area contributed by atoms with E-state index in [1.165, 1.54) is 0 Å². The average molecular weight is 431 g/mol. The molecule has 0 saturated carbocycles. The van der Waals surface area contributed by atoms with E-state index in [1.54, 1.807) is 64.1 Å². The maximum Gasteiger partial charge on any atom is 0.270 e. The second-order valence-corrected chi connectivity index (χ2v) is 9.23. The van der Waals surface area contributed by atoms with E-state index in [9.17, 15) is 19.6 Å². The summed E-state index contributed by atoms with van der Waals surface area (Å²) in [6.45, 7) is 7.03. The molecule has 1 aliphatic heterocycles. The van der Waals surface area contributed by atoms with Gasteiger partial charge in [0.1, 0.15) is 6.04 Å². The van der Waals surface area contributed by atoms with E-state index >= 15 is 0 Å². The zero-order chi connectivity index (χ0) is 23.2. The highest BCUT2D eigenvalue weighted by molar-refractivity contribution is 6.26. The molecule has 4 rings (SSSR count). The van der Waals surface area contributed by atoms with Crippen LogP contribution in [0.4, 0.5) is 0 Å². The maximum absolute atomic E-state index is 13.6. The maximum atomic E-state index is 13.6. The highest BCUT2D eigenvalue weighted by Gasteiger charge is 2.47. The lowest BCUT2D eigenvalue weighted by Crippen LogP contribution is -2.59. The van der Waals surface area contributed by atoms with E-state index in [0.29, 0.717) is 21.6 Å². The van der Waals surface area contributed by atoms with Gasteiger partial charge in [-0.1, -0.05) is 75.4 Å². The van der Waals surface area contributed by atoms with E-state index in [2.05, 4.69) is 0 Å². The van der Waals surface area contributed by atoms with Crippen molar-refractivity contribution in [3.8, 4) is 0 Å². The number of hydroxylamine groups is 2. The topological polar surface area (TPSA) is 77.9 Å². The van der Waals surface area contributed by atoms with Crippen molar-refractivity contribution in [2.24, 2.45) is 5.41 Å². The first-order valence-corrected chi connectivity index (χ1v) is 10.6. The number of benzene rings is 3. The molecular formula is C26H26N2O4. The predicted octanol–water partition coefficient (Wildman–Crippen LogP) is 4.83. The van der Waals surface area contributed by atoms with Crippen LogP contribution in [0.15, 0.2) is 66.7 Å². The third kappa shape index (κ3) is 3.46. The number of amides is 3. The van der Waals surface area contributed by atoms with Gasteiger partial charge in [-0.3, -0.25) is 24.5 Å². The van der Waals surface area contributed by atoms with Crippen molar-refractivity contribution in [2.45, 2.75) is 39.8 Å². The Morgan fingerprint density at radius 1 is 0.875 bits per heavy atom. The largest absolute Gasteiger partial charge is 0.285 e. The van der Waals surface area contributed by atoms with Crippen molar-refractivity contribution in [1.82, 2.24) is 9.96 Å². The molecule has 0 spiro atoms. The van der Waals surface area contributed by atoms with Crippen LogP contribution in [0.1, 0.15) is 60.0 Å². The van der Waals surface area contributed by atoms with E-state index in [-0.39, 0.29) is 0 Å². The monoisotopic (exact) mass is 430 g/mol. The summed E-state index contributed by atoms with van der Waals surface area (Å²) in [5.74, 6) is -1.77. The molecule has 1 heterocycles.